The van der Waals surface area contributed by atoms with Gasteiger partial charge in [0.05, 0.1) is 17.6 Å². The summed E-state index contributed by atoms with van der Waals surface area (Å²) in [6.07, 6.45) is 0. The van der Waals surface area contributed by atoms with Crippen LogP contribution in [0.3, 0.4) is 0 Å². The number of benzene rings is 1. The first kappa shape index (κ1) is 15.4. The molecule has 19 heavy (non-hydrogen) atoms. The van der Waals surface area contributed by atoms with E-state index in [2.05, 4.69) is 10.6 Å². The maximum absolute atomic E-state index is 13.6. The third-order valence-electron chi connectivity index (χ3n) is 2.48. The Hall–Kier alpha value is -1.66. The third-order valence-corrected chi connectivity index (χ3v) is 2.84. The Morgan fingerprint density at radius 1 is 1.42 bits per heavy atom. The highest BCUT2D eigenvalue weighted by molar-refractivity contribution is 6.31. The highest BCUT2D eigenvalue weighted by Gasteiger charge is 2.16. The van der Waals surface area contributed by atoms with Crippen LogP contribution in [-0.4, -0.2) is 32.6 Å². The topological polar surface area (TPSA) is 62.6 Å². The van der Waals surface area contributed by atoms with Gasteiger partial charge >= 0.3 is 6.03 Å². The van der Waals surface area contributed by atoms with Crippen LogP contribution < -0.4 is 15.5 Å². The number of hydrogen-bond donors (Lipinski definition) is 3. The zero-order chi connectivity index (χ0) is 14.4. The molecule has 0 fully saturated rings. The van der Waals surface area contributed by atoms with E-state index in [1.807, 2.05) is 0 Å². The Morgan fingerprint density at radius 2 is 2.11 bits per heavy atom. The molecular weight excluding hydrogens is 273 g/mol. The summed E-state index contributed by atoms with van der Waals surface area (Å²) in [6.45, 7) is 0.296. The first-order chi connectivity index (χ1) is 8.93. The minimum Gasteiger partial charge on any atom is -0.341 e. The second kappa shape index (κ2) is 7.06. The smallest absolute Gasteiger partial charge is 0.321 e. The monoisotopic (exact) mass is 288 g/mol. The summed E-state index contributed by atoms with van der Waals surface area (Å²) in [7, 11) is 3.13. The van der Waals surface area contributed by atoms with Gasteiger partial charge < -0.3 is 10.2 Å². The van der Waals surface area contributed by atoms with Crippen molar-refractivity contribution < 1.29 is 18.9 Å². The Bertz CT molecular complexity index is 462. The molecule has 1 atom stereocenters. The maximum atomic E-state index is 13.6. The van der Waals surface area contributed by atoms with E-state index in [4.69, 9.17) is 11.6 Å². The number of carbonyl (C=O) groups excluding carboxylic acids is 2. The molecular formula is C12H16ClFN3O2+. The molecule has 3 amide bonds. The van der Waals surface area contributed by atoms with Gasteiger partial charge in [-0.2, -0.15) is 0 Å². The quantitative estimate of drug-likeness (QED) is 0.727. The van der Waals surface area contributed by atoms with Gasteiger partial charge in [0.1, 0.15) is 12.4 Å². The highest BCUT2D eigenvalue weighted by atomic mass is 35.5. The van der Waals surface area contributed by atoms with Crippen LogP contribution in [0.5, 0.6) is 0 Å². The second-order valence-electron chi connectivity index (χ2n) is 4.14. The number of likely N-dealkylation sites (N-methyl/N-ethyl adjacent to an activating group) is 1. The van der Waals surface area contributed by atoms with Crippen molar-refractivity contribution in [3.63, 3.8) is 0 Å². The van der Waals surface area contributed by atoms with Crippen LogP contribution in [0.25, 0.3) is 0 Å². The van der Waals surface area contributed by atoms with E-state index in [1.165, 1.54) is 19.2 Å². The first-order valence-corrected chi connectivity index (χ1v) is 6.07. The van der Waals surface area contributed by atoms with Crippen LogP contribution in [0.1, 0.15) is 5.56 Å². The molecule has 0 aliphatic rings. The van der Waals surface area contributed by atoms with Gasteiger partial charge in [0, 0.05) is 7.05 Å². The Balaban J connectivity index is 2.58. The lowest BCUT2D eigenvalue weighted by Gasteiger charge is -2.14. The highest BCUT2D eigenvalue weighted by Crippen LogP contribution is 2.17. The first-order valence-electron chi connectivity index (χ1n) is 5.69. The van der Waals surface area contributed by atoms with Crippen molar-refractivity contribution in [1.82, 2.24) is 10.6 Å². The lowest BCUT2D eigenvalue weighted by atomic mass is 10.2. The van der Waals surface area contributed by atoms with Gasteiger partial charge in [0.2, 0.25) is 0 Å². The molecule has 1 rings (SSSR count). The largest absolute Gasteiger partial charge is 0.341 e. The van der Waals surface area contributed by atoms with Crippen molar-refractivity contribution in [3.05, 3.63) is 34.6 Å². The molecule has 1 aromatic rings. The summed E-state index contributed by atoms with van der Waals surface area (Å²) < 4.78 is 13.6. The molecule has 1 aromatic carbocycles. The predicted molar refractivity (Wildman–Crippen MR) is 69.5 cm³/mol. The Labute approximate surface area is 115 Å². The van der Waals surface area contributed by atoms with E-state index in [0.717, 1.165) is 0 Å². The van der Waals surface area contributed by atoms with Crippen molar-refractivity contribution in [2.75, 3.05) is 20.6 Å². The van der Waals surface area contributed by atoms with Crippen LogP contribution in [0.4, 0.5) is 9.18 Å². The Morgan fingerprint density at radius 3 is 2.68 bits per heavy atom. The van der Waals surface area contributed by atoms with Gasteiger partial charge in [-0.1, -0.05) is 17.7 Å². The molecule has 104 valence electrons. The van der Waals surface area contributed by atoms with E-state index in [1.54, 1.807) is 13.1 Å². The zero-order valence-electron chi connectivity index (χ0n) is 10.7. The van der Waals surface area contributed by atoms with E-state index in [9.17, 15) is 14.0 Å². The predicted octanol–water partition coefficient (Wildman–Crippen LogP) is -0.0506. The third kappa shape index (κ3) is 4.84. The molecule has 3 N–H and O–H groups in total. The molecule has 5 nitrogen and oxygen atoms in total. The van der Waals surface area contributed by atoms with Crippen molar-refractivity contribution in [2.45, 2.75) is 6.54 Å². The van der Waals surface area contributed by atoms with Gasteiger partial charge in [-0.15, -0.1) is 0 Å². The number of halogens is 2. The molecule has 0 saturated heterocycles. The van der Waals surface area contributed by atoms with Gasteiger partial charge in [-0.3, -0.25) is 10.1 Å². The number of quaternary nitrogens is 1. The van der Waals surface area contributed by atoms with Gasteiger partial charge in [0.15, 0.2) is 6.54 Å². The summed E-state index contributed by atoms with van der Waals surface area (Å²) in [5, 5.41) is 4.74. The molecule has 0 aliphatic heterocycles. The van der Waals surface area contributed by atoms with E-state index in [-0.39, 0.29) is 13.1 Å². The average Bonchev–Trinajstić information content (AvgIpc) is 2.33. The zero-order valence-corrected chi connectivity index (χ0v) is 11.5. The fourth-order valence-corrected chi connectivity index (χ4v) is 1.80. The molecule has 0 radical (unpaired) electrons. The number of carbonyl (C=O) groups is 2. The molecule has 0 aromatic heterocycles. The van der Waals surface area contributed by atoms with Crippen LogP contribution in [0.2, 0.25) is 5.02 Å². The summed E-state index contributed by atoms with van der Waals surface area (Å²) >= 11 is 5.90. The van der Waals surface area contributed by atoms with Crippen LogP contribution in [0.15, 0.2) is 18.2 Å². The number of rotatable bonds is 4. The molecule has 1 unspecified atom stereocenters. The Kier molecular flexibility index (Phi) is 5.72. The van der Waals surface area contributed by atoms with Crippen LogP contribution >= 0.6 is 11.6 Å². The summed E-state index contributed by atoms with van der Waals surface area (Å²) in [6, 6.07) is 3.87. The molecule has 0 bridgehead atoms. The van der Waals surface area contributed by atoms with Crippen molar-refractivity contribution in [1.29, 1.82) is 0 Å². The average molecular weight is 289 g/mol. The number of hydrogen-bond acceptors (Lipinski definition) is 2. The molecule has 0 saturated carbocycles. The van der Waals surface area contributed by atoms with Gasteiger partial charge in [0.25, 0.3) is 5.91 Å². The number of urea groups is 1. The fraction of sp³-hybridized carbons (Fsp3) is 0.333. The summed E-state index contributed by atoms with van der Waals surface area (Å²) in [5.41, 5.74) is 0.356. The second-order valence-corrected chi connectivity index (χ2v) is 4.55. The SMILES string of the molecule is CNC(=O)NC(=O)C[NH+](C)Cc1c(F)cccc1Cl. The lowest BCUT2D eigenvalue weighted by molar-refractivity contribution is -0.885. The molecule has 0 aliphatic carbocycles. The normalized spacial score (nSPS) is 11.8. The number of nitrogens with one attached hydrogen (secondary N) is 3. The van der Waals surface area contributed by atoms with Crippen molar-refractivity contribution in [2.24, 2.45) is 0 Å². The van der Waals surface area contributed by atoms with Crippen LogP contribution in [-0.2, 0) is 11.3 Å². The van der Waals surface area contributed by atoms with Crippen LogP contribution in [0, 0.1) is 5.82 Å². The fourth-order valence-electron chi connectivity index (χ4n) is 1.57. The minimum atomic E-state index is -0.568. The van der Waals surface area contributed by atoms with E-state index in [0.29, 0.717) is 15.5 Å². The van der Waals surface area contributed by atoms with E-state index < -0.39 is 17.8 Å². The maximum Gasteiger partial charge on any atom is 0.321 e. The number of imide groups is 1. The number of amides is 3. The summed E-state index contributed by atoms with van der Waals surface area (Å²) in [4.78, 5) is 23.1. The van der Waals surface area contributed by atoms with Crippen molar-refractivity contribution in [3.8, 4) is 0 Å². The summed E-state index contributed by atoms with van der Waals surface area (Å²) in [5.74, 6) is -0.845. The molecule has 0 spiro atoms. The molecule has 0 heterocycles. The minimum absolute atomic E-state index is 0.0398. The van der Waals surface area contributed by atoms with Crippen molar-refractivity contribution >= 4 is 23.5 Å². The van der Waals surface area contributed by atoms with Gasteiger partial charge in [-0.25, -0.2) is 9.18 Å². The van der Waals surface area contributed by atoms with Gasteiger partial charge in [-0.05, 0) is 12.1 Å². The lowest BCUT2D eigenvalue weighted by Crippen LogP contribution is -3.09. The van der Waals surface area contributed by atoms with E-state index >= 15 is 0 Å². The standard InChI is InChI=1S/C12H15ClFN3O2/c1-15-12(19)16-11(18)7-17(2)6-8-9(13)4-3-5-10(8)14/h3-5H,6-7H2,1-2H3,(H2,15,16,18,19)/p+1. The molecule has 7 heteroatoms.